The summed E-state index contributed by atoms with van der Waals surface area (Å²) >= 11 is 1.86. The minimum Gasteiger partial charge on any atom is -0.454 e. The number of para-hydroxylation sites is 1. The van der Waals surface area contributed by atoms with Crippen molar-refractivity contribution >= 4 is 81.3 Å². The van der Waals surface area contributed by atoms with Crippen molar-refractivity contribution in [3.05, 3.63) is 224 Å². The maximum Gasteiger partial charge on any atom is 0.160 e. The van der Waals surface area contributed by atoms with Gasteiger partial charge >= 0.3 is 0 Å². The molecular weight excluding hydrogens is 759 g/mol. The first-order valence-electron chi connectivity index (χ1n) is 20.7. The Morgan fingerprint density at radius 1 is 0.344 bits per heavy atom. The highest BCUT2D eigenvalue weighted by Gasteiger charge is 2.22. The molecule has 286 valence electrons. The summed E-state index contributed by atoms with van der Waals surface area (Å²) in [5, 5.41) is 7.35. The lowest BCUT2D eigenvalue weighted by Gasteiger charge is -2.26. The number of benzene rings is 10. The number of hydrogen-bond donors (Lipinski definition) is 0. The fourth-order valence-corrected chi connectivity index (χ4v) is 10.2. The minimum absolute atomic E-state index is 0.857. The van der Waals surface area contributed by atoms with Gasteiger partial charge in [0, 0.05) is 42.3 Å². The van der Waals surface area contributed by atoms with Crippen molar-refractivity contribution < 1.29 is 4.42 Å². The van der Waals surface area contributed by atoms with Crippen LogP contribution in [0.3, 0.4) is 0 Å². The summed E-state index contributed by atoms with van der Waals surface area (Å²) in [6.45, 7) is 0. The van der Waals surface area contributed by atoms with Crippen LogP contribution >= 0.6 is 11.3 Å². The highest BCUT2D eigenvalue weighted by atomic mass is 32.1. The van der Waals surface area contributed by atoms with Crippen LogP contribution in [0.25, 0.3) is 97.4 Å². The zero-order valence-electron chi connectivity index (χ0n) is 33.1. The first-order valence-corrected chi connectivity index (χ1v) is 21.5. The average molecular weight is 796 g/mol. The third kappa shape index (κ3) is 6.18. The van der Waals surface area contributed by atoms with Crippen LogP contribution in [0.5, 0.6) is 0 Å². The van der Waals surface area contributed by atoms with Gasteiger partial charge in [0.2, 0.25) is 0 Å². The molecule has 0 spiro atoms. The van der Waals surface area contributed by atoms with E-state index in [0.29, 0.717) is 0 Å². The normalized spacial score (nSPS) is 11.6. The molecule has 61 heavy (non-hydrogen) atoms. The molecule has 2 nitrogen and oxygen atoms in total. The molecule has 3 heteroatoms. The second kappa shape index (κ2) is 14.5. The Kier molecular flexibility index (Phi) is 8.39. The third-order valence-electron chi connectivity index (χ3n) is 12.1. The Bertz CT molecular complexity index is 3560. The molecule has 0 radical (unpaired) electrons. The summed E-state index contributed by atoms with van der Waals surface area (Å²) in [7, 11) is 0. The second-order valence-electron chi connectivity index (χ2n) is 15.7. The van der Waals surface area contributed by atoms with E-state index in [0.717, 1.165) is 55.7 Å². The zero-order chi connectivity index (χ0) is 40.3. The summed E-state index contributed by atoms with van der Waals surface area (Å²) in [6.07, 6.45) is 0. The van der Waals surface area contributed by atoms with Crippen molar-refractivity contribution in [1.29, 1.82) is 0 Å². The van der Waals surface area contributed by atoms with Crippen LogP contribution in [-0.4, -0.2) is 0 Å². The van der Waals surface area contributed by atoms with E-state index >= 15 is 0 Å². The number of nitrogens with zero attached hydrogens (tertiary/aromatic N) is 1. The molecule has 12 rings (SSSR count). The van der Waals surface area contributed by atoms with Gasteiger partial charge in [-0.2, -0.15) is 0 Å². The maximum atomic E-state index is 6.85. The molecule has 0 bridgehead atoms. The van der Waals surface area contributed by atoms with Crippen molar-refractivity contribution in [2.45, 2.75) is 0 Å². The van der Waals surface area contributed by atoms with Crippen LogP contribution in [0.15, 0.2) is 229 Å². The van der Waals surface area contributed by atoms with Gasteiger partial charge in [-0.15, -0.1) is 11.3 Å². The van der Waals surface area contributed by atoms with Crippen LogP contribution in [0.2, 0.25) is 0 Å². The van der Waals surface area contributed by atoms with Crippen LogP contribution in [-0.2, 0) is 0 Å². The minimum atomic E-state index is 0.857. The molecule has 0 fully saturated rings. The van der Waals surface area contributed by atoms with Crippen molar-refractivity contribution in [3.8, 4) is 44.5 Å². The second-order valence-corrected chi connectivity index (χ2v) is 16.8. The molecule has 2 heterocycles. The molecule has 12 aromatic rings. The quantitative estimate of drug-likeness (QED) is 0.160. The van der Waals surface area contributed by atoms with E-state index in [1.807, 2.05) is 17.4 Å². The largest absolute Gasteiger partial charge is 0.454 e. The number of rotatable bonds is 7. The van der Waals surface area contributed by atoms with E-state index in [2.05, 4.69) is 223 Å². The zero-order valence-corrected chi connectivity index (χ0v) is 33.9. The number of hydrogen-bond acceptors (Lipinski definition) is 3. The number of fused-ring (bicyclic) bond motifs is 7. The molecule has 0 aliphatic rings. The molecule has 0 aliphatic heterocycles. The average Bonchev–Trinajstić information content (AvgIpc) is 3.91. The first-order chi connectivity index (χ1) is 30.2. The van der Waals surface area contributed by atoms with Crippen LogP contribution in [0.4, 0.5) is 17.1 Å². The van der Waals surface area contributed by atoms with Crippen LogP contribution < -0.4 is 4.90 Å². The molecule has 0 N–H and O–H groups in total. The standard InChI is InChI=1S/C58H37NOS/c1-2-11-43(12-3-1)49-34-35-53(58-57(49)52-15-6-8-16-54(52)60-58)59(48-31-26-42(27-32-48)46-28-33-51-50-14-7-9-17-55(50)61-56(51)37-46)47-29-24-40(25-30-47)39-18-20-41(21-19-39)45-23-22-38-10-4-5-13-44(38)36-45/h1-37H. The summed E-state index contributed by atoms with van der Waals surface area (Å²) < 4.78 is 9.48. The lowest BCUT2D eigenvalue weighted by molar-refractivity contribution is 0.669. The van der Waals surface area contributed by atoms with E-state index in [-0.39, 0.29) is 0 Å². The summed E-state index contributed by atoms with van der Waals surface area (Å²) in [5.74, 6) is 0. The fourth-order valence-electron chi connectivity index (χ4n) is 9.01. The molecule has 0 saturated carbocycles. The highest BCUT2D eigenvalue weighted by molar-refractivity contribution is 7.25. The number of furan rings is 1. The number of anilines is 3. The molecular formula is C58H37NOS. The maximum absolute atomic E-state index is 6.85. The Balaban J connectivity index is 0.957. The Labute approximate surface area is 357 Å². The molecule has 10 aromatic carbocycles. The highest BCUT2D eigenvalue weighted by Crippen LogP contribution is 2.46. The van der Waals surface area contributed by atoms with Crippen LogP contribution in [0.1, 0.15) is 0 Å². The van der Waals surface area contributed by atoms with Gasteiger partial charge in [0.05, 0.1) is 5.69 Å². The van der Waals surface area contributed by atoms with E-state index in [1.54, 1.807) is 0 Å². The Morgan fingerprint density at radius 2 is 0.885 bits per heavy atom. The molecule has 0 saturated heterocycles. The van der Waals surface area contributed by atoms with E-state index < -0.39 is 0 Å². The Morgan fingerprint density at radius 3 is 1.62 bits per heavy atom. The van der Waals surface area contributed by atoms with Gasteiger partial charge in [-0.05, 0) is 110 Å². The molecule has 0 aliphatic carbocycles. The van der Waals surface area contributed by atoms with Crippen molar-refractivity contribution in [3.63, 3.8) is 0 Å². The third-order valence-corrected chi connectivity index (χ3v) is 13.2. The van der Waals surface area contributed by atoms with E-state index in [9.17, 15) is 0 Å². The monoisotopic (exact) mass is 795 g/mol. The molecule has 0 amide bonds. The summed E-state index contributed by atoms with van der Waals surface area (Å²) in [6, 6.07) is 81.0. The number of thiophene rings is 1. The SMILES string of the molecule is c1ccc(-c2ccc(N(c3ccc(-c4ccc(-c5ccc6ccccc6c5)cc4)cc3)c3ccc(-c4ccc5c(c4)sc4ccccc45)cc3)c3oc4ccccc4c23)cc1. The summed E-state index contributed by atoms with van der Waals surface area (Å²) in [4.78, 5) is 2.34. The van der Waals surface area contributed by atoms with Crippen molar-refractivity contribution in [2.75, 3.05) is 4.90 Å². The topological polar surface area (TPSA) is 16.4 Å². The molecule has 0 unspecified atom stereocenters. The van der Waals surface area contributed by atoms with Gasteiger partial charge in [0.15, 0.2) is 5.58 Å². The van der Waals surface area contributed by atoms with Gasteiger partial charge in [0.1, 0.15) is 5.58 Å². The smallest absolute Gasteiger partial charge is 0.160 e. The predicted molar refractivity (Wildman–Crippen MR) is 261 cm³/mol. The first kappa shape index (κ1) is 35.2. The van der Waals surface area contributed by atoms with Gasteiger partial charge in [-0.1, -0.05) is 170 Å². The van der Waals surface area contributed by atoms with E-state index in [1.165, 1.54) is 58.8 Å². The van der Waals surface area contributed by atoms with Gasteiger partial charge in [0.25, 0.3) is 0 Å². The van der Waals surface area contributed by atoms with Gasteiger partial charge < -0.3 is 9.32 Å². The van der Waals surface area contributed by atoms with Crippen LogP contribution in [0, 0.1) is 0 Å². The van der Waals surface area contributed by atoms with Crippen molar-refractivity contribution in [2.24, 2.45) is 0 Å². The van der Waals surface area contributed by atoms with Crippen molar-refractivity contribution in [1.82, 2.24) is 0 Å². The van der Waals surface area contributed by atoms with E-state index in [4.69, 9.17) is 4.42 Å². The Hall–Kier alpha value is -7.72. The lowest BCUT2D eigenvalue weighted by Crippen LogP contribution is -2.10. The van der Waals surface area contributed by atoms with Gasteiger partial charge in [-0.3, -0.25) is 0 Å². The lowest BCUT2D eigenvalue weighted by atomic mass is 9.97. The molecule has 0 atom stereocenters. The predicted octanol–water partition coefficient (Wildman–Crippen LogP) is 17.2. The van der Waals surface area contributed by atoms with Gasteiger partial charge in [-0.25, -0.2) is 0 Å². The fraction of sp³-hybridized carbons (Fsp3) is 0. The molecule has 2 aromatic heterocycles. The summed E-state index contributed by atoms with van der Waals surface area (Å²) in [5.41, 5.74) is 14.3.